The molecule has 0 N–H and O–H groups in total. The molecule has 120 valence electrons. The molecule has 7 heteroatoms. The summed E-state index contributed by atoms with van der Waals surface area (Å²) in [5.74, 6) is -0.153. The molecule has 0 bridgehead atoms. The Labute approximate surface area is 134 Å². The Morgan fingerprint density at radius 2 is 2.18 bits per heavy atom. The predicted octanol–water partition coefficient (Wildman–Crippen LogP) is 1.77. The van der Waals surface area contributed by atoms with Crippen LogP contribution in [0.1, 0.15) is 54.8 Å². The van der Waals surface area contributed by atoms with Gasteiger partial charge in [0.1, 0.15) is 31.4 Å². The van der Waals surface area contributed by atoms with Crippen molar-refractivity contribution in [1.29, 1.82) is 0 Å². The van der Waals surface area contributed by atoms with Gasteiger partial charge in [0.25, 0.3) is 10.7 Å². The van der Waals surface area contributed by atoms with Crippen LogP contribution in [0.5, 0.6) is 0 Å². The lowest BCUT2D eigenvalue weighted by molar-refractivity contribution is -0.463. The van der Waals surface area contributed by atoms with Crippen molar-refractivity contribution in [3.8, 4) is 0 Å². The van der Waals surface area contributed by atoms with Crippen LogP contribution in [-0.2, 0) is 4.74 Å². The quantitative estimate of drug-likeness (QED) is 0.482. The van der Waals surface area contributed by atoms with Crippen LogP contribution in [-0.4, -0.2) is 46.0 Å². The summed E-state index contributed by atoms with van der Waals surface area (Å²) in [7, 11) is 3.71. The number of rotatable bonds is 3. The van der Waals surface area contributed by atoms with Gasteiger partial charge in [0, 0.05) is 12.2 Å². The van der Waals surface area contributed by atoms with Crippen LogP contribution < -0.4 is 5.56 Å². The number of ether oxygens (including phenoxy) is 1. The Kier molecular flexibility index (Phi) is 5.01. The van der Waals surface area contributed by atoms with E-state index >= 15 is 0 Å². The molecule has 0 aromatic carbocycles. The van der Waals surface area contributed by atoms with Crippen molar-refractivity contribution in [1.82, 2.24) is 9.55 Å². The van der Waals surface area contributed by atoms with Gasteiger partial charge in [-0.1, -0.05) is 0 Å². The fourth-order valence-electron chi connectivity index (χ4n) is 2.72. The Balaban J connectivity index is 2.58. The minimum Gasteiger partial charge on any atom is -0.462 e. The molecule has 0 saturated heterocycles. The first-order valence-electron chi connectivity index (χ1n) is 7.36. The minimum atomic E-state index is -0.632. The summed E-state index contributed by atoms with van der Waals surface area (Å²) in [4.78, 5) is 28.8. The SMILES string of the molecule is CCOC(=O)c1cnc2n(c1=O)[C@@H](C)CCC2C(Cl)=[N+](C)C. The lowest BCUT2D eigenvalue weighted by Crippen LogP contribution is -2.38. The van der Waals surface area contributed by atoms with Gasteiger partial charge in [-0.15, -0.1) is 0 Å². The molecule has 1 aromatic rings. The van der Waals surface area contributed by atoms with Crippen molar-refractivity contribution in [2.75, 3.05) is 20.7 Å². The van der Waals surface area contributed by atoms with Gasteiger partial charge >= 0.3 is 5.97 Å². The second kappa shape index (κ2) is 6.60. The van der Waals surface area contributed by atoms with E-state index in [9.17, 15) is 9.59 Å². The highest BCUT2D eigenvalue weighted by molar-refractivity contribution is 6.65. The highest BCUT2D eigenvalue weighted by Crippen LogP contribution is 2.32. The van der Waals surface area contributed by atoms with Crippen molar-refractivity contribution in [2.45, 2.75) is 38.6 Å². The van der Waals surface area contributed by atoms with Gasteiger partial charge in [-0.25, -0.2) is 14.4 Å². The lowest BCUT2D eigenvalue weighted by atomic mass is 9.94. The van der Waals surface area contributed by atoms with Gasteiger partial charge in [-0.05, 0) is 38.3 Å². The van der Waals surface area contributed by atoms with Crippen LogP contribution >= 0.6 is 11.6 Å². The minimum absolute atomic E-state index is 0.0211. The lowest BCUT2D eigenvalue weighted by Gasteiger charge is -2.28. The first-order chi connectivity index (χ1) is 10.4. The molecule has 0 fully saturated rings. The smallest absolute Gasteiger partial charge is 0.345 e. The Morgan fingerprint density at radius 1 is 1.50 bits per heavy atom. The van der Waals surface area contributed by atoms with Gasteiger partial charge in [0.2, 0.25) is 0 Å². The van der Waals surface area contributed by atoms with Gasteiger partial charge in [0.15, 0.2) is 0 Å². The van der Waals surface area contributed by atoms with E-state index in [0.717, 1.165) is 12.8 Å². The number of fused-ring (bicyclic) bond motifs is 1. The maximum atomic E-state index is 12.6. The third-order valence-corrected chi connectivity index (χ3v) is 4.46. The van der Waals surface area contributed by atoms with Gasteiger partial charge < -0.3 is 4.74 Å². The normalized spacial score (nSPS) is 20.2. The zero-order valence-electron chi connectivity index (χ0n) is 13.3. The topological polar surface area (TPSA) is 64.2 Å². The van der Waals surface area contributed by atoms with Crippen LogP contribution in [0.2, 0.25) is 0 Å². The average molecular weight is 327 g/mol. The summed E-state index contributed by atoms with van der Waals surface area (Å²) in [5, 5.41) is 0.636. The maximum Gasteiger partial charge on any atom is 0.345 e. The van der Waals surface area contributed by atoms with E-state index in [-0.39, 0.29) is 29.7 Å². The number of esters is 1. The van der Waals surface area contributed by atoms with E-state index < -0.39 is 5.97 Å². The van der Waals surface area contributed by atoms with Crippen molar-refractivity contribution < 1.29 is 14.1 Å². The molecule has 2 atom stereocenters. The van der Waals surface area contributed by atoms with Crippen molar-refractivity contribution in [3.05, 3.63) is 27.9 Å². The van der Waals surface area contributed by atoms with Crippen molar-refractivity contribution in [2.24, 2.45) is 0 Å². The monoisotopic (exact) mass is 326 g/mol. The highest BCUT2D eigenvalue weighted by Gasteiger charge is 2.34. The molecule has 1 aromatic heterocycles. The van der Waals surface area contributed by atoms with Gasteiger partial charge in [-0.3, -0.25) is 9.36 Å². The molecule has 0 spiro atoms. The van der Waals surface area contributed by atoms with Crippen LogP contribution in [0.15, 0.2) is 11.0 Å². The summed E-state index contributed by atoms with van der Waals surface area (Å²) in [6, 6.07) is -0.0211. The van der Waals surface area contributed by atoms with Crippen LogP contribution in [0.25, 0.3) is 0 Å². The number of hydrogen-bond donors (Lipinski definition) is 0. The molecule has 0 saturated carbocycles. The second-order valence-electron chi connectivity index (χ2n) is 5.62. The summed E-state index contributed by atoms with van der Waals surface area (Å²) >= 11 is 6.37. The summed E-state index contributed by atoms with van der Waals surface area (Å²) < 4.78 is 8.31. The zero-order chi connectivity index (χ0) is 16.4. The van der Waals surface area contributed by atoms with E-state index in [0.29, 0.717) is 11.0 Å². The van der Waals surface area contributed by atoms with Crippen LogP contribution in [0.3, 0.4) is 0 Å². The molecule has 2 heterocycles. The molecule has 1 aliphatic rings. The molecule has 2 rings (SSSR count). The van der Waals surface area contributed by atoms with E-state index in [1.54, 1.807) is 11.5 Å². The van der Waals surface area contributed by atoms with Crippen molar-refractivity contribution >= 4 is 22.7 Å². The number of carbonyl (C=O) groups is 1. The average Bonchev–Trinajstić information content (AvgIpc) is 2.47. The fourth-order valence-corrected chi connectivity index (χ4v) is 2.92. The largest absolute Gasteiger partial charge is 0.462 e. The molecule has 1 aliphatic heterocycles. The Hall–Kier alpha value is -1.69. The van der Waals surface area contributed by atoms with E-state index in [1.807, 2.05) is 25.6 Å². The van der Waals surface area contributed by atoms with E-state index in [4.69, 9.17) is 16.3 Å². The third kappa shape index (κ3) is 2.92. The van der Waals surface area contributed by atoms with Gasteiger partial charge in [0.05, 0.1) is 6.61 Å². The molecule has 0 amide bonds. The summed E-state index contributed by atoms with van der Waals surface area (Å²) in [6.07, 6.45) is 2.93. The Morgan fingerprint density at radius 3 is 2.77 bits per heavy atom. The first-order valence-corrected chi connectivity index (χ1v) is 7.74. The number of hydrogen-bond acceptors (Lipinski definition) is 4. The third-order valence-electron chi connectivity index (χ3n) is 3.86. The van der Waals surface area contributed by atoms with Crippen molar-refractivity contribution in [3.63, 3.8) is 0 Å². The molecule has 6 nitrogen and oxygen atoms in total. The summed E-state index contributed by atoms with van der Waals surface area (Å²) in [6.45, 7) is 3.87. The fraction of sp³-hybridized carbons (Fsp3) is 0.600. The number of aromatic nitrogens is 2. The molecule has 1 unspecified atom stereocenters. The number of nitrogens with zero attached hydrogens (tertiary/aromatic N) is 3. The molecule has 22 heavy (non-hydrogen) atoms. The zero-order valence-corrected chi connectivity index (χ0v) is 14.1. The maximum absolute atomic E-state index is 12.6. The van der Waals surface area contributed by atoms with Crippen LogP contribution in [0, 0.1) is 0 Å². The van der Waals surface area contributed by atoms with E-state index in [2.05, 4.69) is 4.98 Å². The first kappa shape index (κ1) is 16.7. The molecular weight excluding hydrogens is 306 g/mol. The molecule has 0 aliphatic carbocycles. The predicted molar refractivity (Wildman–Crippen MR) is 84.1 cm³/mol. The second-order valence-corrected chi connectivity index (χ2v) is 6.01. The number of carbonyl (C=O) groups excluding carboxylic acids is 1. The van der Waals surface area contributed by atoms with E-state index in [1.165, 1.54) is 6.20 Å². The molecule has 0 radical (unpaired) electrons. The van der Waals surface area contributed by atoms with Crippen LogP contribution in [0.4, 0.5) is 0 Å². The Bertz CT molecular complexity index is 677. The standard InChI is InChI=1S/C15H21ClN3O3/c1-5-22-15(21)11-8-17-13-10(12(16)18(3)4)7-6-9(2)19(13)14(11)20/h8-10H,5-7H2,1-4H3/q+1/t9-,10?/m0/s1. The molecular formula is C15H21ClN3O3+. The van der Waals surface area contributed by atoms with Gasteiger partial charge in [-0.2, -0.15) is 0 Å². The number of halogens is 1. The highest BCUT2D eigenvalue weighted by atomic mass is 35.5. The summed E-state index contributed by atoms with van der Waals surface area (Å²) in [5.41, 5.74) is -0.386.